The van der Waals surface area contributed by atoms with Crippen molar-refractivity contribution in [3.63, 3.8) is 0 Å². The number of rotatable bonds is 6. The second-order valence-corrected chi connectivity index (χ2v) is 12.5. The molecule has 2 N–H and O–H groups in total. The van der Waals surface area contributed by atoms with E-state index in [-0.39, 0.29) is 71.3 Å². The molecule has 4 atom stereocenters. The summed E-state index contributed by atoms with van der Waals surface area (Å²) in [5.74, 6) is -0.474. The zero-order chi connectivity index (χ0) is 26.1. The third-order valence-electron chi connectivity index (χ3n) is 6.32. The minimum absolute atomic E-state index is 0. The molecular weight excluding hydrogens is 483 g/mol. The van der Waals surface area contributed by atoms with Gasteiger partial charge in [-0.3, -0.25) is 9.59 Å². The van der Waals surface area contributed by atoms with E-state index in [1.807, 2.05) is 85.2 Å². The predicted molar refractivity (Wildman–Crippen MR) is 139 cm³/mol. The Morgan fingerprint density at radius 2 is 1.75 bits per heavy atom. The van der Waals surface area contributed by atoms with Crippen LogP contribution in [0.3, 0.4) is 0 Å². The van der Waals surface area contributed by atoms with E-state index in [9.17, 15) is 14.7 Å². The Labute approximate surface area is 241 Å². The molecule has 192 valence electrons. The smallest absolute Gasteiger partial charge is 0.851 e. The molecule has 0 aliphatic carbocycles. The van der Waals surface area contributed by atoms with Crippen molar-refractivity contribution in [3.05, 3.63) is 41.0 Å². The number of amides is 2. The van der Waals surface area contributed by atoms with Crippen molar-refractivity contribution in [2.45, 2.75) is 91.6 Å². The second-order valence-electron chi connectivity index (χ2n) is 11.7. The Balaban J connectivity index is 0.00000456. The van der Waals surface area contributed by atoms with E-state index in [0.717, 1.165) is 21.7 Å². The SMILES string of the molecule is Cc1ncsc1-c1ccc([C@@H](C)NC(=O)[C@H]2C[C@H]([O-])CN2C(=O)[C@H](NC(C)(C)C)C(C)(C)C)cc1.[Na+]. The van der Waals surface area contributed by atoms with E-state index >= 15 is 0 Å². The Morgan fingerprint density at radius 3 is 2.25 bits per heavy atom. The molecule has 0 spiro atoms. The standard InChI is InChI=1S/C27H39N4O3S.Na/c1-16(18-9-11-19(12-10-18)22-17(2)28-15-35-22)29-24(33)21-13-20(32)14-31(21)25(34)23(26(3,4)5)30-27(6,7)8;/h9-12,15-16,20-21,23,30H,13-14H2,1-8H3,(H,29,33);/q-1;+1/t16-,20+,21-,23+;/m1./s1. The molecular formula is C27H39N4NaO3S. The molecule has 2 heterocycles. The van der Waals surface area contributed by atoms with E-state index < -0.39 is 18.2 Å². The van der Waals surface area contributed by atoms with Crippen molar-refractivity contribution < 1.29 is 44.3 Å². The summed E-state index contributed by atoms with van der Waals surface area (Å²) in [6.07, 6.45) is -0.845. The normalized spacial score (nSPS) is 20.0. The largest absolute Gasteiger partial charge is 1.00 e. The summed E-state index contributed by atoms with van der Waals surface area (Å²) in [4.78, 5) is 33.8. The number of aryl methyl sites for hydroxylation is 1. The predicted octanol–water partition coefficient (Wildman–Crippen LogP) is 0.432. The van der Waals surface area contributed by atoms with Gasteiger partial charge >= 0.3 is 29.6 Å². The van der Waals surface area contributed by atoms with Gasteiger partial charge in [-0.2, -0.15) is 0 Å². The van der Waals surface area contributed by atoms with Gasteiger partial charge in [0.15, 0.2) is 0 Å². The Kier molecular flexibility index (Phi) is 10.4. The fourth-order valence-electron chi connectivity index (χ4n) is 4.43. The maximum absolute atomic E-state index is 13.6. The van der Waals surface area contributed by atoms with Crippen molar-refractivity contribution in [2.75, 3.05) is 6.54 Å². The molecule has 0 saturated carbocycles. The molecule has 1 aromatic carbocycles. The number of nitrogens with zero attached hydrogens (tertiary/aromatic N) is 2. The molecule has 9 heteroatoms. The summed E-state index contributed by atoms with van der Waals surface area (Å²) in [7, 11) is 0. The van der Waals surface area contributed by atoms with Gasteiger partial charge in [-0.15, -0.1) is 17.4 Å². The number of thiazole rings is 1. The summed E-state index contributed by atoms with van der Waals surface area (Å²) < 4.78 is 0. The van der Waals surface area contributed by atoms with E-state index in [4.69, 9.17) is 0 Å². The van der Waals surface area contributed by atoms with Crippen LogP contribution in [0.5, 0.6) is 0 Å². The van der Waals surface area contributed by atoms with Crippen LogP contribution in [-0.2, 0) is 9.59 Å². The van der Waals surface area contributed by atoms with Gasteiger partial charge in [0.05, 0.1) is 28.2 Å². The van der Waals surface area contributed by atoms with Gasteiger partial charge in [0.1, 0.15) is 6.04 Å². The molecule has 0 radical (unpaired) electrons. The molecule has 1 aliphatic rings. The van der Waals surface area contributed by atoms with E-state index in [2.05, 4.69) is 15.6 Å². The first-order valence-electron chi connectivity index (χ1n) is 12.2. The van der Waals surface area contributed by atoms with Gasteiger partial charge in [-0.1, -0.05) is 45.0 Å². The number of benzene rings is 1. The van der Waals surface area contributed by atoms with Crippen molar-refractivity contribution in [1.82, 2.24) is 20.5 Å². The third-order valence-corrected chi connectivity index (χ3v) is 7.29. The summed E-state index contributed by atoms with van der Waals surface area (Å²) in [5.41, 5.74) is 4.21. The Hall–Kier alpha value is -1.29. The van der Waals surface area contributed by atoms with Crippen LogP contribution < -0.4 is 45.3 Å². The van der Waals surface area contributed by atoms with Gasteiger partial charge in [0.25, 0.3) is 0 Å². The Morgan fingerprint density at radius 1 is 1.14 bits per heavy atom. The van der Waals surface area contributed by atoms with Gasteiger partial charge in [-0.25, -0.2) is 4.98 Å². The molecule has 2 aromatic rings. The van der Waals surface area contributed by atoms with Crippen molar-refractivity contribution in [2.24, 2.45) is 5.41 Å². The number of aromatic nitrogens is 1. The molecule has 1 fully saturated rings. The quantitative estimate of drug-likeness (QED) is 0.537. The van der Waals surface area contributed by atoms with Gasteiger partial charge in [0, 0.05) is 12.1 Å². The van der Waals surface area contributed by atoms with Crippen LogP contribution in [0.15, 0.2) is 29.8 Å². The van der Waals surface area contributed by atoms with E-state index in [1.165, 1.54) is 4.90 Å². The van der Waals surface area contributed by atoms with E-state index in [1.54, 1.807) is 11.3 Å². The summed E-state index contributed by atoms with van der Waals surface area (Å²) >= 11 is 1.60. The maximum atomic E-state index is 13.6. The monoisotopic (exact) mass is 522 g/mol. The zero-order valence-corrected chi connectivity index (χ0v) is 26.0. The van der Waals surface area contributed by atoms with Crippen LogP contribution in [0.2, 0.25) is 0 Å². The van der Waals surface area contributed by atoms with Crippen LogP contribution >= 0.6 is 11.3 Å². The number of nitrogens with one attached hydrogen (secondary N) is 2. The number of hydrogen-bond acceptors (Lipinski definition) is 6. The first kappa shape index (κ1) is 30.9. The first-order valence-corrected chi connectivity index (χ1v) is 13.1. The van der Waals surface area contributed by atoms with E-state index in [0.29, 0.717) is 0 Å². The molecule has 2 amide bonds. The summed E-state index contributed by atoms with van der Waals surface area (Å²) in [5, 5.41) is 18.9. The van der Waals surface area contributed by atoms with Crippen molar-refractivity contribution in [1.29, 1.82) is 0 Å². The summed E-state index contributed by atoms with van der Waals surface area (Å²) in [6, 6.07) is 6.52. The molecule has 1 aromatic heterocycles. The minimum atomic E-state index is -0.970. The number of likely N-dealkylation sites (tertiary alicyclic amines) is 1. The van der Waals surface area contributed by atoms with Crippen LogP contribution in [0.4, 0.5) is 0 Å². The molecule has 1 saturated heterocycles. The summed E-state index contributed by atoms with van der Waals surface area (Å²) in [6.45, 7) is 16.0. The first-order chi connectivity index (χ1) is 16.2. The Bertz CT molecular complexity index is 1040. The second kappa shape index (κ2) is 12.0. The molecule has 1 aliphatic heterocycles. The van der Waals surface area contributed by atoms with Crippen LogP contribution in [0.1, 0.15) is 72.2 Å². The third kappa shape index (κ3) is 7.62. The number of carbonyl (C=O) groups is 2. The molecule has 0 bridgehead atoms. The molecule has 0 unspecified atom stereocenters. The van der Waals surface area contributed by atoms with Crippen LogP contribution in [0, 0.1) is 12.3 Å². The van der Waals surface area contributed by atoms with Crippen LogP contribution in [-0.4, -0.2) is 52.0 Å². The zero-order valence-electron chi connectivity index (χ0n) is 23.1. The maximum Gasteiger partial charge on any atom is 1.00 e. The van der Waals surface area contributed by atoms with Crippen molar-refractivity contribution >= 4 is 23.2 Å². The van der Waals surface area contributed by atoms with Crippen molar-refractivity contribution in [3.8, 4) is 10.4 Å². The topological polar surface area (TPSA) is 97.4 Å². The van der Waals surface area contributed by atoms with Gasteiger partial charge in [-0.05, 0) is 57.6 Å². The average molecular weight is 523 g/mol. The molecule has 7 nitrogen and oxygen atoms in total. The molecule has 3 rings (SSSR count). The van der Waals surface area contributed by atoms with Gasteiger partial charge < -0.3 is 20.6 Å². The fourth-order valence-corrected chi connectivity index (χ4v) is 5.24. The van der Waals surface area contributed by atoms with Gasteiger partial charge in [0.2, 0.25) is 11.8 Å². The number of carbonyl (C=O) groups excluding carboxylic acids is 2. The number of hydrogen-bond donors (Lipinski definition) is 2. The average Bonchev–Trinajstić information content (AvgIpc) is 3.35. The fraction of sp³-hybridized carbons (Fsp3) is 0.593. The van der Waals surface area contributed by atoms with Crippen LogP contribution in [0.25, 0.3) is 10.4 Å². The molecule has 36 heavy (non-hydrogen) atoms. The minimum Gasteiger partial charge on any atom is -0.851 e.